The van der Waals surface area contributed by atoms with E-state index in [2.05, 4.69) is 10.6 Å². The van der Waals surface area contributed by atoms with E-state index >= 15 is 0 Å². The van der Waals surface area contributed by atoms with Gasteiger partial charge in [-0.05, 0) is 54.5 Å². The zero-order chi connectivity index (χ0) is 23.5. The van der Waals surface area contributed by atoms with Crippen molar-refractivity contribution in [2.45, 2.75) is 65.1 Å². The summed E-state index contributed by atoms with van der Waals surface area (Å²) in [6.45, 7) is 6.43. The van der Waals surface area contributed by atoms with Crippen molar-refractivity contribution in [2.75, 3.05) is 5.32 Å². The topological polar surface area (TPSA) is 78.5 Å². The fourth-order valence-corrected chi connectivity index (χ4v) is 4.32. The summed E-state index contributed by atoms with van der Waals surface area (Å²) in [7, 11) is 0. The molecule has 4 rings (SSSR count). The van der Waals surface area contributed by atoms with Crippen molar-refractivity contribution in [2.24, 2.45) is 11.8 Å². The van der Waals surface area contributed by atoms with Gasteiger partial charge < -0.3 is 15.5 Å². The summed E-state index contributed by atoms with van der Waals surface area (Å²) in [5, 5.41) is 6.04. The molecule has 2 aliphatic rings. The lowest BCUT2D eigenvalue weighted by molar-refractivity contribution is -0.142. The molecule has 2 unspecified atom stereocenters. The Morgan fingerprint density at radius 2 is 1.61 bits per heavy atom. The predicted octanol–water partition coefficient (Wildman–Crippen LogP) is 4.21. The highest BCUT2D eigenvalue weighted by Crippen LogP contribution is 2.30. The average molecular weight is 448 g/mol. The van der Waals surface area contributed by atoms with Gasteiger partial charge in [0.05, 0.1) is 6.04 Å². The van der Waals surface area contributed by atoms with Crippen LogP contribution in [0.5, 0.6) is 0 Å². The van der Waals surface area contributed by atoms with Gasteiger partial charge in [0.1, 0.15) is 6.04 Å². The highest BCUT2D eigenvalue weighted by Gasteiger charge is 2.35. The lowest BCUT2D eigenvalue weighted by atomic mass is 9.92. The number of nitrogens with zero attached hydrogens (tertiary/aromatic N) is 1. The molecule has 0 bridgehead atoms. The van der Waals surface area contributed by atoms with Crippen molar-refractivity contribution >= 4 is 23.4 Å². The van der Waals surface area contributed by atoms with Crippen molar-refractivity contribution in [1.29, 1.82) is 0 Å². The molecular formula is C27H33N3O3. The first kappa shape index (κ1) is 23.0. The van der Waals surface area contributed by atoms with E-state index in [1.807, 2.05) is 69.3 Å². The van der Waals surface area contributed by atoms with E-state index in [-0.39, 0.29) is 35.6 Å². The van der Waals surface area contributed by atoms with Crippen molar-refractivity contribution in [3.05, 3.63) is 65.2 Å². The number of rotatable bonds is 7. The van der Waals surface area contributed by atoms with Crippen molar-refractivity contribution in [1.82, 2.24) is 10.2 Å². The minimum Gasteiger partial charge on any atom is -0.348 e. The van der Waals surface area contributed by atoms with Gasteiger partial charge in [-0.3, -0.25) is 14.4 Å². The van der Waals surface area contributed by atoms with Crippen LogP contribution in [0.1, 0.15) is 62.8 Å². The summed E-state index contributed by atoms with van der Waals surface area (Å²) in [6, 6.07) is 14.9. The molecule has 6 nitrogen and oxygen atoms in total. The molecular weight excluding hydrogens is 414 g/mol. The predicted molar refractivity (Wildman–Crippen MR) is 128 cm³/mol. The molecule has 1 aliphatic carbocycles. The lowest BCUT2D eigenvalue weighted by Gasteiger charge is -2.37. The van der Waals surface area contributed by atoms with E-state index < -0.39 is 6.04 Å². The van der Waals surface area contributed by atoms with Gasteiger partial charge in [-0.25, -0.2) is 0 Å². The Morgan fingerprint density at radius 3 is 2.24 bits per heavy atom. The summed E-state index contributed by atoms with van der Waals surface area (Å²) in [4.78, 5) is 40.0. The van der Waals surface area contributed by atoms with Crippen molar-refractivity contribution in [3.63, 3.8) is 0 Å². The molecule has 174 valence electrons. The molecule has 1 heterocycles. The van der Waals surface area contributed by atoms with Crippen LogP contribution in [-0.2, 0) is 27.3 Å². The van der Waals surface area contributed by atoms with Crippen molar-refractivity contribution < 1.29 is 14.4 Å². The highest BCUT2D eigenvalue weighted by atomic mass is 16.2. The number of benzene rings is 2. The maximum absolute atomic E-state index is 13.3. The smallest absolute Gasteiger partial charge is 0.243 e. The standard InChI is InChI=1S/C27H33N3O3/c1-17(2)14-25(31)30-16-22-7-5-4-6-21(22)15-24(30)27(33)28-18(3)19-10-12-23(13-11-19)29-26(32)20-8-9-20/h4-7,10-13,17-18,20,24H,8-9,14-16H2,1-3H3,(H,28,33)(H,29,32). The average Bonchev–Trinajstić information content (AvgIpc) is 3.64. The van der Waals surface area contributed by atoms with Gasteiger partial charge in [0, 0.05) is 31.0 Å². The Morgan fingerprint density at radius 1 is 0.939 bits per heavy atom. The van der Waals surface area contributed by atoms with Crippen LogP contribution >= 0.6 is 0 Å². The third-order valence-corrected chi connectivity index (χ3v) is 6.44. The molecule has 2 aromatic carbocycles. The summed E-state index contributed by atoms with van der Waals surface area (Å²) in [6.07, 6.45) is 2.88. The molecule has 1 fully saturated rings. The summed E-state index contributed by atoms with van der Waals surface area (Å²) >= 11 is 0. The Bertz CT molecular complexity index is 1030. The molecule has 1 aliphatic heterocycles. The first-order valence-electron chi connectivity index (χ1n) is 11.9. The van der Waals surface area contributed by atoms with Crippen LogP contribution in [0.25, 0.3) is 0 Å². The van der Waals surface area contributed by atoms with Gasteiger partial charge >= 0.3 is 0 Å². The number of amides is 3. The Hall–Kier alpha value is -3.15. The van der Waals surface area contributed by atoms with Crippen LogP contribution < -0.4 is 10.6 Å². The van der Waals surface area contributed by atoms with Crippen molar-refractivity contribution in [3.8, 4) is 0 Å². The summed E-state index contributed by atoms with van der Waals surface area (Å²) < 4.78 is 0. The van der Waals surface area contributed by atoms with Gasteiger partial charge in [0.15, 0.2) is 0 Å². The normalized spacial score (nSPS) is 18.4. The monoisotopic (exact) mass is 447 g/mol. The molecule has 2 atom stereocenters. The number of carbonyl (C=O) groups excluding carboxylic acids is 3. The van der Waals surface area contributed by atoms with Crippen LogP contribution in [0.3, 0.4) is 0 Å². The molecule has 3 amide bonds. The minimum atomic E-state index is -0.522. The molecule has 0 saturated heterocycles. The zero-order valence-corrected chi connectivity index (χ0v) is 19.6. The zero-order valence-electron chi connectivity index (χ0n) is 19.6. The second-order valence-electron chi connectivity index (χ2n) is 9.72. The number of nitrogens with one attached hydrogen (secondary N) is 2. The molecule has 2 N–H and O–H groups in total. The van der Waals surface area contributed by atoms with Crippen LogP contribution in [0.2, 0.25) is 0 Å². The Kier molecular flexibility index (Phi) is 6.82. The molecule has 0 radical (unpaired) electrons. The lowest BCUT2D eigenvalue weighted by Crippen LogP contribution is -2.53. The van der Waals surface area contributed by atoms with E-state index in [1.165, 1.54) is 0 Å². The van der Waals surface area contributed by atoms with Gasteiger partial charge in [0.2, 0.25) is 17.7 Å². The molecule has 2 aromatic rings. The second-order valence-corrected chi connectivity index (χ2v) is 9.72. The van der Waals surface area contributed by atoms with E-state index in [0.717, 1.165) is 35.2 Å². The van der Waals surface area contributed by atoms with Crippen LogP contribution in [0.15, 0.2) is 48.5 Å². The molecule has 1 saturated carbocycles. The number of fused-ring (bicyclic) bond motifs is 1. The maximum Gasteiger partial charge on any atom is 0.243 e. The largest absolute Gasteiger partial charge is 0.348 e. The van der Waals surface area contributed by atoms with E-state index in [1.54, 1.807) is 4.90 Å². The van der Waals surface area contributed by atoms with Gasteiger partial charge in [-0.15, -0.1) is 0 Å². The quantitative estimate of drug-likeness (QED) is 0.667. The first-order chi connectivity index (χ1) is 15.8. The third-order valence-electron chi connectivity index (χ3n) is 6.44. The van der Waals surface area contributed by atoms with Gasteiger partial charge in [0.25, 0.3) is 0 Å². The van der Waals surface area contributed by atoms with E-state index in [9.17, 15) is 14.4 Å². The Labute approximate surface area is 195 Å². The summed E-state index contributed by atoms with van der Waals surface area (Å²) in [5.74, 6) is 0.345. The van der Waals surface area contributed by atoms with Crippen LogP contribution in [-0.4, -0.2) is 28.7 Å². The van der Waals surface area contributed by atoms with Crippen LogP contribution in [0.4, 0.5) is 5.69 Å². The maximum atomic E-state index is 13.3. The summed E-state index contributed by atoms with van der Waals surface area (Å²) in [5.41, 5.74) is 3.94. The number of hydrogen-bond donors (Lipinski definition) is 2. The number of carbonyl (C=O) groups is 3. The molecule has 33 heavy (non-hydrogen) atoms. The van der Waals surface area contributed by atoms with Gasteiger partial charge in [-0.2, -0.15) is 0 Å². The number of anilines is 1. The molecule has 0 aromatic heterocycles. The minimum absolute atomic E-state index is 0.0167. The molecule has 0 spiro atoms. The Balaban J connectivity index is 1.44. The fourth-order valence-electron chi connectivity index (χ4n) is 4.32. The first-order valence-corrected chi connectivity index (χ1v) is 11.9. The number of hydrogen-bond acceptors (Lipinski definition) is 3. The van der Waals surface area contributed by atoms with Crippen LogP contribution in [0, 0.1) is 11.8 Å². The SMILES string of the molecule is CC(C)CC(=O)N1Cc2ccccc2CC1C(=O)NC(C)c1ccc(NC(=O)C2CC2)cc1. The molecule has 6 heteroatoms. The van der Waals surface area contributed by atoms with E-state index in [4.69, 9.17) is 0 Å². The fraction of sp³-hybridized carbons (Fsp3) is 0.444. The highest BCUT2D eigenvalue weighted by molar-refractivity contribution is 5.94. The van der Waals surface area contributed by atoms with E-state index in [0.29, 0.717) is 19.4 Å². The van der Waals surface area contributed by atoms with Gasteiger partial charge in [-0.1, -0.05) is 50.2 Å². The second kappa shape index (κ2) is 9.77. The third kappa shape index (κ3) is 5.62.